The number of halogens is 1. The van der Waals surface area contributed by atoms with Crippen LogP contribution in [0.15, 0.2) is 48.7 Å². The first-order chi connectivity index (χ1) is 17.5. The summed E-state index contributed by atoms with van der Waals surface area (Å²) in [6.45, 7) is 3.68. The Morgan fingerprint density at radius 2 is 1.89 bits per heavy atom. The molecule has 0 unspecified atom stereocenters. The molecule has 1 aliphatic rings. The lowest BCUT2D eigenvalue weighted by Gasteiger charge is -2.34. The second-order valence-corrected chi connectivity index (χ2v) is 8.67. The molecule has 3 aromatic rings. The number of ether oxygens (including phenoxy) is 2. The van der Waals surface area contributed by atoms with Crippen molar-refractivity contribution in [3.8, 4) is 17.4 Å². The maximum absolute atomic E-state index is 11.9. The molecule has 0 aliphatic carbocycles. The smallest absolute Gasteiger partial charge is 0.243 e. The van der Waals surface area contributed by atoms with Gasteiger partial charge < -0.3 is 35.0 Å². The summed E-state index contributed by atoms with van der Waals surface area (Å²) in [6.07, 6.45) is 1.41. The number of benzene rings is 2. The van der Waals surface area contributed by atoms with Crippen LogP contribution in [-0.2, 0) is 4.79 Å². The van der Waals surface area contributed by atoms with E-state index in [1.54, 1.807) is 31.4 Å². The number of piperazine rings is 1. The van der Waals surface area contributed by atoms with E-state index in [-0.39, 0.29) is 35.8 Å². The number of rotatable bonds is 9. The number of likely N-dealkylation sites (N-methyl/N-ethyl adjacent to an activating group) is 1. The van der Waals surface area contributed by atoms with Crippen molar-refractivity contribution < 1.29 is 19.4 Å². The zero-order chi connectivity index (χ0) is 25.5. The summed E-state index contributed by atoms with van der Waals surface area (Å²) in [5, 5.41) is 15.1. The normalized spacial score (nSPS) is 13.8. The van der Waals surface area contributed by atoms with Crippen molar-refractivity contribution in [3.63, 3.8) is 0 Å². The van der Waals surface area contributed by atoms with Crippen LogP contribution in [0.25, 0.3) is 0 Å². The first-order valence-electron chi connectivity index (χ1n) is 11.6. The Bertz CT molecular complexity index is 1200. The number of nitrogens with zero attached hydrogens (tertiary/aromatic N) is 4. The predicted octanol–water partition coefficient (Wildman–Crippen LogP) is 3.75. The number of aliphatic hydroxyl groups excluding tert-OH is 1. The van der Waals surface area contributed by atoms with Crippen LogP contribution in [-0.4, -0.2) is 72.8 Å². The zero-order valence-corrected chi connectivity index (χ0v) is 21.0. The molecule has 4 rings (SSSR count). The lowest BCUT2D eigenvalue weighted by atomic mass is 10.2. The van der Waals surface area contributed by atoms with Crippen molar-refractivity contribution in [2.24, 2.45) is 0 Å². The van der Waals surface area contributed by atoms with E-state index in [0.717, 1.165) is 31.9 Å². The Morgan fingerprint density at radius 3 is 2.64 bits per heavy atom. The quantitative estimate of drug-likeness (QED) is 0.394. The minimum atomic E-state index is -0.336. The highest BCUT2D eigenvalue weighted by Gasteiger charge is 2.17. The number of anilines is 4. The maximum atomic E-state index is 11.9. The average molecular weight is 513 g/mol. The van der Waals surface area contributed by atoms with Crippen molar-refractivity contribution in [1.82, 2.24) is 14.9 Å². The van der Waals surface area contributed by atoms with Gasteiger partial charge in [0, 0.05) is 37.9 Å². The molecular formula is C25H29ClN6O4. The molecule has 10 nitrogen and oxygen atoms in total. The number of aliphatic hydroxyl groups is 1. The third kappa shape index (κ3) is 6.34. The Kier molecular flexibility index (Phi) is 8.42. The van der Waals surface area contributed by atoms with E-state index in [1.165, 1.54) is 6.20 Å². The number of aromatic nitrogens is 2. The van der Waals surface area contributed by atoms with Gasteiger partial charge in [-0.25, -0.2) is 4.98 Å². The molecule has 1 amide bonds. The van der Waals surface area contributed by atoms with Gasteiger partial charge in [0.05, 0.1) is 37.7 Å². The predicted molar refractivity (Wildman–Crippen MR) is 140 cm³/mol. The highest BCUT2D eigenvalue weighted by Crippen LogP contribution is 2.35. The first kappa shape index (κ1) is 25.5. The Labute approximate surface area is 214 Å². The number of hydrogen-bond acceptors (Lipinski definition) is 9. The Balaban J connectivity index is 1.52. The summed E-state index contributed by atoms with van der Waals surface area (Å²) in [7, 11) is 3.74. The van der Waals surface area contributed by atoms with Crippen LogP contribution >= 0.6 is 11.6 Å². The van der Waals surface area contributed by atoms with E-state index in [0.29, 0.717) is 22.9 Å². The Hall–Kier alpha value is -3.60. The van der Waals surface area contributed by atoms with Crippen molar-refractivity contribution in [3.05, 3.63) is 53.7 Å². The molecule has 2 aromatic carbocycles. The van der Waals surface area contributed by atoms with Gasteiger partial charge >= 0.3 is 0 Å². The van der Waals surface area contributed by atoms with Crippen LogP contribution in [0.3, 0.4) is 0 Å². The lowest BCUT2D eigenvalue weighted by Crippen LogP contribution is -2.44. The van der Waals surface area contributed by atoms with Crippen molar-refractivity contribution in [2.75, 3.05) is 62.5 Å². The van der Waals surface area contributed by atoms with Gasteiger partial charge in [-0.05, 0) is 31.3 Å². The topological polar surface area (TPSA) is 112 Å². The first-order valence-corrected chi connectivity index (χ1v) is 11.9. The molecule has 11 heteroatoms. The molecule has 190 valence electrons. The van der Waals surface area contributed by atoms with Crippen LogP contribution in [0.4, 0.5) is 23.0 Å². The third-order valence-electron chi connectivity index (χ3n) is 5.72. The van der Waals surface area contributed by atoms with E-state index in [4.69, 9.17) is 26.2 Å². The highest BCUT2D eigenvalue weighted by atomic mass is 35.5. The van der Waals surface area contributed by atoms with Crippen LogP contribution in [0.1, 0.15) is 6.42 Å². The molecule has 1 aliphatic heterocycles. The zero-order valence-electron chi connectivity index (χ0n) is 20.2. The molecule has 1 saturated heterocycles. The number of methoxy groups -OCH3 is 1. The standard InChI is InChI=1S/C25H29ClN6O4/c1-31-10-12-32(13-11-31)17-7-8-20(22(15-17)35-2)29-25-27-16-18(26)24(30-25)36-21-6-4-3-5-19(21)28-23(34)9-14-33/h3-8,15-16,33H,9-14H2,1-2H3,(H,28,34)(H,27,29,30). The van der Waals surface area contributed by atoms with E-state index in [1.807, 2.05) is 18.2 Å². The maximum Gasteiger partial charge on any atom is 0.243 e. The second-order valence-electron chi connectivity index (χ2n) is 8.27. The van der Waals surface area contributed by atoms with Gasteiger partial charge in [-0.15, -0.1) is 0 Å². The van der Waals surface area contributed by atoms with E-state index >= 15 is 0 Å². The summed E-state index contributed by atoms with van der Waals surface area (Å²) >= 11 is 6.30. The molecule has 0 spiro atoms. The van der Waals surface area contributed by atoms with Crippen LogP contribution in [0.5, 0.6) is 17.4 Å². The fraction of sp³-hybridized carbons (Fsp3) is 0.320. The number of nitrogens with one attached hydrogen (secondary N) is 2. The summed E-state index contributed by atoms with van der Waals surface area (Å²) in [4.78, 5) is 25.2. The largest absolute Gasteiger partial charge is 0.494 e. The Morgan fingerprint density at radius 1 is 1.11 bits per heavy atom. The fourth-order valence-electron chi connectivity index (χ4n) is 3.73. The van der Waals surface area contributed by atoms with Gasteiger partial charge in [-0.1, -0.05) is 23.7 Å². The number of amides is 1. The van der Waals surface area contributed by atoms with Crippen LogP contribution < -0.4 is 25.0 Å². The van der Waals surface area contributed by atoms with Gasteiger partial charge in [-0.3, -0.25) is 4.79 Å². The minimum Gasteiger partial charge on any atom is -0.494 e. The van der Waals surface area contributed by atoms with Crippen LogP contribution in [0, 0.1) is 0 Å². The SMILES string of the molecule is COc1cc(N2CCN(C)CC2)ccc1Nc1ncc(Cl)c(Oc2ccccc2NC(=O)CCO)n1. The molecular weight excluding hydrogens is 484 g/mol. The summed E-state index contributed by atoms with van der Waals surface area (Å²) in [6, 6.07) is 12.8. The van der Waals surface area contributed by atoms with E-state index in [2.05, 4.69) is 37.4 Å². The second kappa shape index (κ2) is 11.9. The monoisotopic (exact) mass is 512 g/mol. The molecule has 1 aromatic heterocycles. The van der Waals surface area contributed by atoms with E-state index in [9.17, 15) is 4.79 Å². The number of carbonyl (C=O) groups is 1. The lowest BCUT2D eigenvalue weighted by molar-refractivity contribution is -0.116. The van der Waals surface area contributed by atoms with Crippen molar-refractivity contribution >= 4 is 40.5 Å². The molecule has 3 N–H and O–H groups in total. The highest BCUT2D eigenvalue weighted by molar-refractivity contribution is 6.31. The van der Waals surface area contributed by atoms with Crippen LogP contribution in [0.2, 0.25) is 5.02 Å². The summed E-state index contributed by atoms with van der Waals surface area (Å²) in [5.41, 5.74) is 2.22. The number of para-hydroxylation sites is 2. The number of carbonyl (C=O) groups excluding carboxylic acids is 1. The van der Waals surface area contributed by atoms with Crippen molar-refractivity contribution in [1.29, 1.82) is 0 Å². The molecule has 0 saturated carbocycles. The summed E-state index contributed by atoms with van der Waals surface area (Å²) in [5.74, 6) is 1.05. The molecule has 1 fully saturated rings. The average Bonchev–Trinajstić information content (AvgIpc) is 2.88. The minimum absolute atomic E-state index is 0.0217. The van der Waals surface area contributed by atoms with E-state index < -0.39 is 0 Å². The van der Waals surface area contributed by atoms with Gasteiger partial charge in [0.1, 0.15) is 10.8 Å². The summed E-state index contributed by atoms with van der Waals surface area (Å²) < 4.78 is 11.5. The molecule has 2 heterocycles. The molecule has 0 radical (unpaired) electrons. The van der Waals surface area contributed by atoms with Crippen molar-refractivity contribution in [2.45, 2.75) is 6.42 Å². The van der Waals surface area contributed by atoms with Gasteiger partial charge in [0.2, 0.25) is 17.7 Å². The van der Waals surface area contributed by atoms with Gasteiger partial charge in [0.15, 0.2) is 5.75 Å². The van der Waals surface area contributed by atoms with Gasteiger partial charge in [0.25, 0.3) is 0 Å². The molecule has 0 bridgehead atoms. The fourth-order valence-corrected chi connectivity index (χ4v) is 3.86. The van der Waals surface area contributed by atoms with Gasteiger partial charge in [-0.2, -0.15) is 4.98 Å². The molecule has 36 heavy (non-hydrogen) atoms. The molecule has 0 atom stereocenters. The number of hydrogen-bond donors (Lipinski definition) is 3. The third-order valence-corrected chi connectivity index (χ3v) is 5.98.